The molecule has 0 radical (unpaired) electrons. The van der Waals surface area contributed by atoms with Gasteiger partial charge >= 0.3 is 0 Å². The van der Waals surface area contributed by atoms with Gasteiger partial charge in [-0.15, -0.1) is 0 Å². The fraction of sp³-hybridized carbons (Fsp3) is 0.455. The first kappa shape index (κ1) is 10.1. The maximum atomic E-state index is 5.68. The Kier molecular flexibility index (Phi) is 3.77. The lowest BCUT2D eigenvalue weighted by Gasteiger charge is -2.05. The molecular formula is C11H18N2. The Bertz CT molecular complexity index is 239. The van der Waals surface area contributed by atoms with Gasteiger partial charge in [0.05, 0.1) is 0 Å². The molecule has 0 saturated heterocycles. The minimum atomic E-state index is 0.295. The summed E-state index contributed by atoms with van der Waals surface area (Å²) in [6, 6.07) is 8.78. The predicted octanol–water partition coefficient (Wildman–Crippen LogP) is 2.01. The van der Waals surface area contributed by atoms with E-state index < -0.39 is 0 Å². The maximum absolute atomic E-state index is 5.68. The van der Waals surface area contributed by atoms with Gasteiger partial charge in [0.1, 0.15) is 0 Å². The number of rotatable bonds is 4. The highest BCUT2D eigenvalue weighted by molar-refractivity contribution is 5.43. The molecule has 0 saturated carbocycles. The van der Waals surface area contributed by atoms with Crippen LogP contribution in [0.3, 0.4) is 0 Å². The summed E-state index contributed by atoms with van der Waals surface area (Å²) in [5.41, 5.74) is 8.20. The SMILES string of the molecule is CNc1ccc(CC[C@H](C)N)cc1. The summed E-state index contributed by atoms with van der Waals surface area (Å²) in [7, 11) is 1.93. The van der Waals surface area contributed by atoms with Gasteiger partial charge in [0.2, 0.25) is 0 Å². The van der Waals surface area contributed by atoms with Gasteiger partial charge in [0, 0.05) is 18.8 Å². The van der Waals surface area contributed by atoms with E-state index in [1.807, 2.05) is 14.0 Å². The fourth-order valence-electron chi connectivity index (χ4n) is 1.23. The Morgan fingerprint density at radius 2 is 1.92 bits per heavy atom. The largest absolute Gasteiger partial charge is 0.388 e. The van der Waals surface area contributed by atoms with Gasteiger partial charge in [0.25, 0.3) is 0 Å². The van der Waals surface area contributed by atoms with Gasteiger partial charge in [0.15, 0.2) is 0 Å². The monoisotopic (exact) mass is 178 g/mol. The van der Waals surface area contributed by atoms with Crippen molar-refractivity contribution in [3.8, 4) is 0 Å². The number of nitrogens with two attached hydrogens (primary N) is 1. The van der Waals surface area contributed by atoms with E-state index in [0.29, 0.717) is 6.04 Å². The molecule has 0 amide bonds. The smallest absolute Gasteiger partial charge is 0.0337 e. The van der Waals surface area contributed by atoms with Crippen molar-refractivity contribution in [3.05, 3.63) is 29.8 Å². The Morgan fingerprint density at radius 1 is 1.31 bits per heavy atom. The second kappa shape index (κ2) is 4.87. The molecule has 3 N–H and O–H groups in total. The molecule has 0 heterocycles. The van der Waals surface area contributed by atoms with E-state index in [0.717, 1.165) is 18.5 Å². The molecule has 0 spiro atoms. The molecule has 1 atom stereocenters. The average Bonchev–Trinajstić information content (AvgIpc) is 2.15. The first-order chi connectivity index (χ1) is 6.22. The van der Waals surface area contributed by atoms with Crippen molar-refractivity contribution in [2.75, 3.05) is 12.4 Å². The van der Waals surface area contributed by atoms with Gasteiger partial charge in [-0.3, -0.25) is 0 Å². The summed E-state index contributed by atoms with van der Waals surface area (Å²) in [5.74, 6) is 0. The highest BCUT2D eigenvalue weighted by Crippen LogP contribution is 2.10. The molecule has 0 aromatic heterocycles. The van der Waals surface area contributed by atoms with E-state index in [1.54, 1.807) is 0 Å². The molecular weight excluding hydrogens is 160 g/mol. The third-order valence-electron chi connectivity index (χ3n) is 2.13. The highest BCUT2D eigenvalue weighted by Gasteiger charge is 1.96. The van der Waals surface area contributed by atoms with Crippen LogP contribution in [0.5, 0.6) is 0 Å². The van der Waals surface area contributed by atoms with Crippen LogP contribution < -0.4 is 11.1 Å². The number of anilines is 1. The average molecular weight is 178 g/mol. The lowest BCUT2D eigenvalue weighted by molar-refractivity contribution is 0.666. The van der Waals surface area contributed by atoms with Crippen LogP contribution in [0.4, 0.5) is 5.69 Å². The van der Waals surface area contributed by atoms with Crippen molar-refractivity contribution in [3.63, 3.8) is 0 Å². The molecule has 1 rings (SSSR count). The van der Waals surface area contributed by atoms with Crippen molar-refractivity contribution in [1.82, 2.24) is 0 Å². The normalized spacial score (nSPS) is 12.5. The standard InChI is InChI=1S/C11H18N2/c1-9(12)3-4-10-5-7-11(13-2)8-6-10/h5-9,13H,3-4,12H2,1-2H3/t9-/m0/s1. The van der Waals surface area contributed by atoms with Crippen LogP contribution in [0.1, 0.15) is 18.9 Å². The second-order valence-electron chi connectivity index (χ2n) is 3.46. The Labute approximate surface area is 80.1 Å². The van der Waals surface area contributed by atoms with Gasteiger partial charge in [-0.1, -0.05) is 12.1 Å². The van der Waals surface area contributed by atoms with Gasteiger partial charge < -0.3 is 11.1 Å². The minimum absolute atomic E-state index is 0.295. The van der Waals surface area contributed by atoms with Crippen molar-refractivity contribution in [1.29, 1.82) is 0 Å². The van der Waals surface area contributed by atoms with E-state index in [9.17, 15) is 0 Å². The zero-order chi connectivity index (χ0) is 9.68. The fourth-order valence-corrected chi connectivity index (χ4v) is 1.23. The van der Waals surface area contributed by atoms with Crippen molar-refractivity contribution >= 4 is 5.69 Å². The molecule has 13 heavy (non-hydrogen) atoms. The molecule has 0 bridgehead atoms. The number of benzene rings is 1. The summed E-state index contributed by atoms with van der Waals surface area (Å²) in [6.07, 6.45) is 2.13. The predicted molar refractivity (Wildman–Crippen MR) is 58.0 cm³/mol. The van der Waals surface area contributed by atoms with Crippen LogP contribution >= 0.6 is 0 Å². The van der Waals surface area contributed by atoms with E-state index in [-0.39, 0.29) is 0 Å². The molecule has 72 valence electrons. The zero-order valence-corrected chi connectivity index (χ0v) is 8.38. The second-order valence-corrected chi connectivity index (χ2v) is 3.46. The molecule has 0 fully saturated rings. The quantitative estimate of drug-likeness (QED) is 0.740. The maximum Gasteiger partial charge on any atom is 0.0337 e. The molecule has 1 aromatic carbocycles. The number of hydrogen-bond donors (Lipinski definition) is 2. The van der Waals surface area contributed by atoms with Crippen LogP contribution in [0.2, 0.25) is 0 Å². The Morgan fingerprint density at radius 3 is 2.38 bits per heavy atom. The van der Waals surface area contributed by atoms with Crippen LogP contribution in [-0.4, -0.2) is 13.1 Å². The van der Waals surface area contributed by atoms with Crippen molar-refractivity contribution in [2.45, 2.75) is 25.8 Å². The molecule has 1 aromatic rings. The van der Waals surface area contributed by atoms with E-state index >= 15 is 0 Å². The van der Waals surface area contributed by atoms with E-state index in [1.165, 1.54) is 5.56 Å². The third kappa shape index (κ3) is 3.47. The molecule has 0 aliphatic heterocycles. The van der Waals surface area contributed by atoms with Gasteiger partial charge in [-0.05, 0) is 37.5 Å². The summed E-state index contributed by atoms with van der Waals surface area (Å²) in [4.78, 5) is 0. The topological polar surface area (TPSA) is 38.0 Å². The van der Waals surface area contributed by atoms with Crippen molar-refractivity contribution < 1.29 is 0 Å². The first-order valence-electron chi connectivity index (χ1n) is 4.74. The number of hydrogen-bond acceptors (Lipinski definition) is 2. The lowest BCUT2D eigenvalue weighted by Crippen LogP contribution is -2.15. The van der Waals surface area contributed by atoms with Crippen LogP contribution in [0.25, 0.3) is 0 Å². The first-order valence-corrected chi connectivity index (χ1v) is 4.74. The van der Waals surface area contributed by atoms with E-state index in [4.69, 9.17) is 5.73 Å². The summed E-state index contributed by atoms with van der Waals surface area (Å²) in [5, 5.41) is 3.09. The molecule has 2 heteroatoms. The van der Waals surface area contributed by atoms with Crippen LogP contribution in [-0.2, 0) is 6.42 Å². The molecule has 2 nitrogen and oxygen atoms in total. The molecule has 0 aliphatic carbocycles. The van der Waals surface area contributed by atoms with Crippen LogP contribution in [0, 0.1) is 0 Å². The van der Waals surface area contributed by atoms with Gasteiger partial charge in [-0.25, -0.2) is 0 Å². The molecule has 0 unspecified atom stereocenters. The number of aryl methyl sites for hydroxylation is 1. The summed E-state index contributed by atoms with van der Waals surface area (Å²) < 4.78 is 0. The third-order valence-corrected chi connectivity index (χ3v) is 2.13. The summed E-state index contributed by atoms with van der Waals surface area (Å²) >= 11 is 0. The highest BCUT2D eigenvalue weighted by atomic mass is 14.8. The van der Waals surface area contributed by atoms with Crippen LogP contribution in [0.15, 0.2) is 24.3 Å². The van der Waals surface area contributed by atoms with Crippen molar-refractivity contribution in [2.24, 2.45) is 5.73 Å². The zero-order valence-electron chi connectivity index (χ0n) is 8.38. The Balaban J connectivity index is 2.49. The lowest BCUT2D eigenvalue weighted by atomic mass is 10.1. The van der Waals surface area contributed by atoms with E-state index in [2.05, 4.69) is 29.6 Å². The minimum Gasteiger partial charge on any atom is -0.388 e. The molecule has 0 aliphatic rings. The number of nitrogens with one attached hydrogen (secondary N) is 1. The summed E-state index contributed by atoms with van der Waals surface area (Å²) in [6.45, 7) is 2.04. The van der Waals surface area contributed by atoms with Gasteiger partial charge in [-0.2, -0.15) is 0 Å². The Hall–Kier alpha value is -1.02.